The topological polar surface area (TPSA) is 52.1 Å². The summed E-state index contributed by atoms with van der Waals surface area (Å²) in [6, 6.07) is 9.21. The van der Waals surface area contributed by atoms with E-state index >= 15 is 0 Å². The van der Waals surface area contributed by atoms with Crippen molar-refractivity contribution in [1.29, 1.82) is 0 Å². The molecule has 6 nitrogen and oxygen atoms in total. The first-order valence-electron chi connectivity index (χ1n) is 9.64. The van der Waals surface area contributed by atoms with E-state index in [0.29, 0.717) is 12.1 Å². The molecule has 1 fully saturated rings. The van der Waals surface area contributed by atoms with E-state index in [1.165, 1.54) is 6.42 Å². The molecule has 0 amide bonds. The number of halogens is 1. The number of anilines is 1. The van der Waals surface area contributed by atoms with Crippen LogP contribution >= 0.6 is 24.0 Å². The number of aliphatic imine (C=N–C) groups is 1. The first-order chi connectivity index (χ1) is 12.6. The highest BCUT2D eigenvalue weighted by molar-refractivity contribution is 14.0. The first-order valence-corrected chi connectivity index (χ1v) is 9.64. The summed E-state index contributed by atoms with van der Waals surface area (Å²) in [7, 11) is 5.74. The van der Waals surface area contributed by atoms with Crippen LogP contribution in [0.2, 0.25) is 0 Å². The Morgan fingerprint density at radius 1 is 1.41 bits per heavy atom. The highest BCUT2D eigenvalue weighted by Gasteiger charge is 2.25. The molecule has 1 aromatic carbocycles. The van der Waals surface area contributed by atoms with Crippen LogP contribution in [0.5, 0.6) is 5.75 Å². The van der Waals surface area contributed by atoms with Crippen molar-refractivity contribution in [2.75, 3.05) is 52.3 Å². The first kappa shape index (κ1) is 23.8. The second kappa shape index (κ2) is 12.3. The molecule has 7 heteroatoms. The third-order valence-electron chi connectivity index (χ3n) is 5.28. The Hall–Kier alpha value is -1.22. The second-order valence-electron chi connectivity index (χ2n) is 6.98. The molecular formula is C20H36IN5O. The zero-order valence-electron chi connectivity index (χ0n) is 17.4. The third kappa shape index (κ3) is 7.03. The largest absolute Gasteiger partial charge is 0.495 e. The molecular weight excluding hydrogens is 453 g/mol. The molecule has 1 heterocycles. The summed E-state index contributed by atoms with van der Waals surface area (Å²) >= 11 is 0. The van der Waals surface area contributed by atoms with Gasteiger partial charge in [-0.05, 0) is 38.9 Å². The van der Waals surface area contributed by atoms with Gasteiger partial charge < -0.3 is 25.2 Å². The van der Waals surface area contributed by atoms with Crippen molar-refractivity contribution in [3.05, 3.63) is 24.3 Å². The predicted octanol–water partition coefficient (Wildman–Crippen LogP) is 2.79. The van der Waals surface area contributed by atoms with Crippen molar-refractivity contribution in [3.63, 3.8) is 0 Å². The number of benzene rings is 1. The molecule has 1 aliphatic heterocycles. The Balaban J connectivity index is 0.00000364. The van der Waals surface area contributed by atoms with Gasteiger partial charge in [-0.25, -0.2) is 0 Å². The Bertz CT molecular complexity index is 583. The summed E-state index contributed by atoms with van der Waals surface area (Å²) in [5, 5.41) is 7.00. The molecule has 0 aromatic heterocycles. The number of nitrogens with zero attached hydrogens (tertiary/aromatic N) is 3. The van der Waals surface area contributed by atoms with Gasteiger partial charge >= 0.3 is 0 Å². The maximum atomic E-state index is 5.50. The number of ether oxygens (including phenoxy) is 1. The molecule has 1 saturated heterocycles. The fraction of sp³-hybridized carbons (Fsp3) is 0.650. The number of rotatable bonds is 8. The van der Waals surface area contributed by atoms with Gasteiger partial charge in [0.15, 0.2) is 5.96 Å². The Morgan fingerprint density at radius 2 is 2.15 bits per heavy atom. The van der Waals surface area contributed by atoms with Gasteiger partial charge in [-0.2, -0.15) is 0 Å². The summed E-state index contributed by atoms with van der Waals surface area (Å²) in [4.78, 5) is 9.13. The van der Waals surface area contributed by atoms with Gasteiger partial charge in [0.1, 0.15) is 5.75 Å². The van der Waals surface area contributed by atoms with Gasteiger partial charge in [-0.3, -0.25) is 4.99 Å². The fourth-order valence-corrected chi connectivity index (χ4v) is 3.26. The van der Waals surface area contributed by atoms with E-state index in [1.807, 2.05) is 19.2 Å². The number of hydrogen-bond acceptors (Lipinski definition) is 4. The minimum atomic E-state index is 0. The highest BCUT2D eigenvalue weighted by atomic mass is 127. The maximum Gasteiger partial charge on any atom is 0.191 e. The van der Waals surface area contributed by atoms with Crippen LogP contribution in [-0.4, -0.2) is 70.3 Å². The van der Waals surface area contributed by atoms with Crippen LogP contribution < -0.4 is 20.3 Å². The van der Waals surface area contributed by atoms with Crippen molar-refractivity contribution in [1.82, 2.24) is 15.5 Å². The minimum absolute atomic E-state index is 0. The van der Waals surface area contributed by atoms with Crippen LogP contribution in [0.3, 0.4) is 0 Å². The standard InChI is InChI=1S/C20H35N5O.HI/c1-6-16(2)24(4)14-12-22-20(21-3)23-17-11-13-25(15-17)18-9-7-8-10-19(18)26-5;/h7-10,16-17H,6,11-15H2,1-5H3,(H2,21,22,23);1H. The zero-order chi connectivity index (χ0) is 18.9. The molecule has 0 bridgehead atoms. The van der Waals surface area contributed by atoms with Crippen molar-refractivity contribution < 1.29 is 4.74 Å². The van der Waals surface area contributed by atoms with Crippen LogP contribution in [0.4, 0.5) is 5.69 Å². The van der Waals surface area contributed by atoms with E-state index in [1.54, 1.807) is 7.11 Å². The van der Waals surface area contributed by atoms with Gasteiger partial charge in [0.25, 0.3) is 0 Å². The van der Waals surface area contributed by atoms with Gasteiger partial charge in [0.05, 0.1) is 12.8 Å². The molecule has 2 N–H and O–H groups in total. The minimum Gasteiger partial charge on any atom is -0.495 e. The van der Waals surface area contributed by atoms with Crippen LogP contribution in [-0.2, 0) is 0 Å². The Labute approximate surface area is 181 Å². The highest BCUT2D eigenvalue weighted by Crippen LogP contribution is 2.30. The second-order valence-corrected chi connectivity index (χ2v) is 6.98. The van der Waals surface area contributed by atoms with Crippen molar-refractivity contribution >= 4 is 35.6 Å². The lowest BCUT2D eigenvalue weighted by atomic mass is 10.2. The molecule has 2 atom stereocenters. The van der Waals surface area contributed by atoms with E-state index < -0.39 is 0 Å². The van der Waals surface area contributed by atoms with Crippen LogP contribution in [0, 0.1) is 0 Å². The van der Waals surface area contributed by atoms with E-state index in [9.17, 15) is 0 Å². The molecule has 1 aliphatic rings. The molecule has 0 aliphatic carbocycles. The smallest absolute Gasteiger partial charge is 0.191 e. The summed E-state index contributed by atoms with van der Waals surface area (Å²) in [6.07, 6.45) is 2.26. The normalized spacial score (nSPS) is 18.2. The average molecular weight is 489 g/mol. The monoisotopic (exact) mass is 489 g/mol. The Kier molecular flexibility index (Phi) is 10.8. The molecule has 2 rings (SSSR count). The lowest BCUT2D eigenvalue weighted by Crippen LogP contribution is -2.47. The van der Waals surface area contributed by atoms with Crippen molar-refractivity contribution in [2.45, 2.75) is 38.8 Å². The molecule has 0 radical (unpaired) electrons. The number of guanidine groups is 1. The number of likely N-dealkylation sites (N-methyl/N-ethyl adjacent to an activating group) is 1. The fourth-order valence-electron chi connectivity index (χ4n) is 3.26. The predicted molar refractivity (Wildman–Crippen MR) is 126 cm³/mol. The van der Waals surface area contributed by atoms with Crippen LogP contribution in [0.25, 0.3) is 0 Å². The lowest BCUT2D eigenvalue weighted by Gasteiger charge is -2.25. The van der Waals surface area contributed by atoms with Crippen LogP contribution in [0.15, 0.2) is 29.3 Å². The van der Waals surface area contributed by atoms with Gasteiger partial charge in [-0.1, -0.05) is 19.1 Å². The molecule has 27 heavy (non-hydrogen) atoms. The van der Waals surface area contributed by atoms with Gasteiger partial charge in [0, 0.05) is 45.3 Å². The number of nitrogens with one attached hydrogen (secondary N) is 2. The van der Waals surface area contributed by atoms with Crippen LogP contribution in [0.1, 0.15) is 26.7 Å². The summed E-state index contributed by atoms with van der Waals surface area (Å²) in [5.41, 5.74) is 1.16. The quantitative estimate of drug-likeness (QED) is 0.334. The molecule has 1 aromatic rings. The molecule has 0 saturated carbocycles. The van der Waals surface area contributed by atoms with E-state index in [4.69, 9.17) is 4.74 Å². The summed E-state index contributed by atoms with van der Waals surface area (Å²) in [6.45, 7) is 8.36. The molecule has 154 valence electrons. The van der Waals surface area contributed by atoms with Crippen molar-refractivity contribution in [2.24, 2.45) is 4.99 Å². The third-order valence-corrected chi connectivity index (χ3v) is 5.28. The summed E-state index contributed by atoms with van der Waals surface area (Å²) < 4.78 is 5.50. The zero-order valence-corrected chi connectivity index (χ0v) is 19.7. The average Bonchev–Trinajstić information content (AvgIpc) is 3.14. The van der Waals surface area contributed by atoms with Gasteiger partial charge in [0.2, 0.25) is 0 Å². The lowest BCUT2D eigenvalue weighted by molar-refractivity contribution is 0.255. The molecule has 0 spiro atoms. The molecule has 2 unspecified atom stereocenters. The maximum absolute atomic E-state index is 5.50. The number of hydrogen-bond donors (Lipinski definition) is 2. The number of para-hydroxylation sites is 2. The van der Waals surface area contributed by atoms with Crippen molar-refractivity contribution in [3.8, 4) is 5.75 Å². The summed E-state index contributed by atoms with van der Waals surface area (Å²) in [5.74, 6) is 1.82. The number of methoxy groups -OCH3 is 1. The van der Waals surface area contributed by atoms with E-state index in [-0.39, 0.29) is 24.0 Å². The SMILES string of the molecule is CCC(C)N(C)CCNC(=NC)NC1CCN(c2ccccc2OC)C1.I. The van der Waals surface area contributed by atoms with E-state index in [0.717, 1.165) is 50.0 Å². The van der Waals surface area contributed by atoms with Gasteiger partial charge in [-0.15, -0.1) is 24.0 Å². The van der Waals surface area contributed by atoms with E-state index in [2.05, 4.69) is 58.5 Å². The Morgan fingerprint density at radius 3 is 2.81 bits per heavy atom.